The molecule has 0 saturated carbocycles. The van der Waals surface area contributed by atoms with Gasteiger partial charge in [-0.25, -0.2) is 19.9 Å². The van der Waals surface area contributed by atoms with Gasteiger partial charge in [-0.15, -0.1) is 22.7 Å². The molecular weight excluding hydrogens is 1260 g/mol. The molecular formula is C90H52N8S2. The lowest BCUT2D eigenvalue weighted by Crippen LogP contribution is -1.99. The molecule has 0 saturated heterocycles. The molecule has 0 N–H and O–H groups in total. The number of rotatable bonds is 6. The van der Waals surface area contributed by atoms with Crippen molar-refractivity contribution in [2.75, 3.05) is 0 Å². The Bertz CT molecular complexity index is 7190. The molecule has 0 unspecified atom stereocenters. The van der Waals surface area contributed by atoms with Gasteiger partial charge in [-0.1, -0.05) is 224 Å². The van der Waals surface area contributed by atoms with Gasteiger partial charge < -0.3 is 9.13 Å². The van der Waals surface area contributed by atoms with E-state index in [1.165, 1.54) is 122 Å². The molecule has 14 aromatic carbocycles. The van der Waals surface area contributed by atoms with Crippen molar-refractivity contribution in [3.8, 4) is 56.7 Å². The molecule has 0 aliphatic heterocycles. The summed E-state index contributed by atoms with van der Waals surface area (Å²) in [6.45, 7) is 0. The molecule has 22 rings (SSSR count). The molecule has 0 radical (unpaired) electrons. The quantitative estimate of drug-likeness (QED) is 0.165. The highest BCUT2D eigenvalue weighted by molar-refractivity contribution is 7.27. The van der Waals surface area contributed by atoms with Crippen LogP contribution < -0.4 is 0 Å². The molecule has 8 nitrogen and oxygen atoms in total. The fraction of sp³-hybridized carbons (Fsp3) is 0. The van der Waals surface area contributed by atoms with Crippen molar-refractivity contribution in [1.29, 1.82) is 0 Å². The molecule has 0 aliphatic carbocycles. The number of fused-ring (bicyclic) bond motifs is 24. The number of thiophene rings is 2. The van der Waals surface area contributed by atoms with Crippen LogP contribution in [0.3, 0.4) is 0 Å². The number of pyridine rings is 2. The first-order chi connectivity index (χ1) is 49.6. The summed E-state index contributed by atoms with van der Waals surface area (Å²) in [5.41, 5.74) is 15.8. The van der Waals surface area contributed by atoms with Crippen LogP contribution in [0.1, 0.15) is 0 Å². The maximum Gasteiger partial charge on any atom is 0.160 e. The lowest BCUT2D eigenvalue weighted by atomic mass is 9.99. The number of para-hydroxylation sites is 2. The van der Waals surface area contributed by atoms with Gasteiger partial charge in [0.1, 0.15) is 22.4 Å². The molecule has 100 heavy (non-hydrogen) atoms. The van der Waals surface area contributed by atoms with E-state index in [9.17, 15) is 0 Å². The van der Waals surface area contributed by atoms with Crippen LogP contribution in [0.5, 0.6) is 0 Å². The SMILES string of the molecule is c1cc(-c2nc(-c3ccc4ccccc4c3)c3ncccc3n2)cc(-n2c3ccccc3c3c4ccccc4c4c5ccccc5sc4c32)c1.c1cc(-c2nc(-c3cccc4ccccc34)c3ncccc3n2)cc(-n2c3ccccc3c3c4ccccc4c4c5ccccc5sc4c32)c1. The van der Waals surface area contributed by atoms with E-state index in [0.29, 0.717) is 11.6 Å². The Morgan fingerprint density at radius 2 is 0.700 bits per heavy atom. The van der Waals surface area contributed by atoms with Crippen LogP contribution in [0.2, 0.25) is 0 Å². The van der Waals surface area contributed by atoms with Crippen LogP contribution in [0.15, 0.2) is 316 Å². The minimum absolute atomic E-state index is 0.675. The van der Waals surface area contributed by atoms with E-state index in [4.69, 9.17) is 29.9 Å². The molecule has 22 aromatic rings. The van der Waals surface area contributed by atoms with Crippen LogP contribution in [0.25, 0.3) is 206 Å². The topological polar surface area (TPSA) is 87.2 Å². The molecule has 0 bridgehead atoms. The standard InChI is InChI=1S/2C45H26N4S/c1-2-16-30-27(12-1)13-10-21-33(30)41-42-36(22-11-25-46-42)47-45(48-41)28-14-9-15-29(26-28)49-37-23-7-5-19-34(37)39-31-17-3-4-18-32(31)40-35-20-6-8-24-38(35)50-44(40)43(39)49;1-2-12-28-25-29(23-22-27(28)11-1)41-42-36(19-10-24-46-42)47-45(48-41)30-13-9-14-31(26-30)49-37-20-7-5-17-34(37)39-32-15-3-4-16-33(32)40-35-18-6-8-21-38(35)50-44(40)43(39)49/h2*1-26H. The molecule has 8 heterocycles. The zero-order valence-electron chi connectivity index (χ0n) is 53.4. The smallest absolute Gasteiger partial charge is 0.160 e. The summed E-state index contributed by atoms with van der Waals surface area (Å²) in [4.78, 5) is 30.2. The monoisotopic (exact) mass is 1310 g/mol. The van der Waals surface area contributed by atoms with Gasteiger partial charge in [0.2, 0.25) is 0 Å². The lowest BCUT2D eigenvalue weighted by Gasteiger charge is -2.13. The average molecular weight is 1310 g/mol. The van der Waals surface area contributed by atoms with Gasteiger partial charge in [0.15, 0.2) is 11.6 Å². The van der Waals surface area contributed by atoms with E-state index >= 15 is 0 Å². The maximum absolute atomic E-state index is 5.28. The van der Waals surface area contributed by atoms with E-state index < -0.39 is 0 Å². The highest BCUT2D eigenvalue weighted by Gasteiger charge is 2.26. The van der Waals surface area contributed by atoms with Crippen LogP contribution >= 0.6 is 22.7 Å². The fourth-order valence-electron chi connectivity index (χ4n) is 15.7. The Balaban J connectivity index is 0.000000131. The zero-order valence-corrected chi connectivity index (χ0v) is 55.0. The molecule has 8 aromatic heterocycles. The van der Waals surface area contributed by atoms with E-state index in [1.807, 2.05) is 59.3 Å². The predicted octanol–water partition coefficient (Wildman–Crippen LogP) is 24.3. The van der Waals surface area contributed by atoms with E-state index in [0.717, 1.165) is 72.5 Å². The number of hydrogen-bond donors (Lipinski definition) is 0. The number of benzene rings is 14. The van der Waals surface area contributed by atoms with Crippen molar-refractivity contribution in [1.82, 2.24) is 39.0 Å². The third-order valence-electron chi connectivity index (χ3n) is 20.0. The van der Waals surface area contributed by atoms with Gasteiger partial charge in [0.05, 0.1) is 42.5 Å². The first-order valence-corrected chi connectivity index (χ1v) is 35.2. The summed E-state index contributed by atoms with van der Waals surface area (Å²) in [6, 6.07) is 108. The van der Waals surface area contributed by atoms with Crippen molar-refractivity contribution in [2.45, 2.75) is 0 Å². The number of aromatic nitrogens is 8. The van der Waals surface area contributed by atoms with Crippen molar-refractivity contribution < 1.29 is 0 Å². The average Bonchev–Trinajstić information content (AvgIpc) is 1.54. The normalized spacial score (nSPS) is 12.0. The van der Waals surface area contributed by atoms with Crippen molar-refractivity contribution in [3.63, 3.8) is 0 Å². The third kappa shape index (κ3) is 8.64. The third-order valence-corrected chi connectivity index (χ3v) is 22.4. The molecule has 0 fully saturated rings. The predicted molar refractivity (Wildman–Crippen MR) is 421 cm³/mol. The lowest BCUT2D eigenvalue weighted by molar-refractivity contribution is 1.17. The minimum atomic E-state index is 0.675. The molecule has 10 heteroatoms. The number of hydrogen-bond acceptors (Lipinski definition) is 8. The van der Waals surface area contributed by atoms with Gasteiger partial charge in [0, 0.05) is 98.5 Å². The van der Waals surface area contributed by atoms with E-state index in [-0.39, 0.29) is 0 Å². The van der Waals surface area contributed by atoms with Gasteiger partial charge >= 0.3 is 0 Å². The summed E-state index contributed by atoms with van der Waals surface area (Å²) < 4.78 is 10.1. The second-order valence-electron chi connectivity index (χ2n) is 25.6. The van der Waals surface area contributed by atoms with Crippen LogP contribution in [-0.4, -0.2) is 39.0 Å². The Labute approximate surface area is 579 Å². The minimum Gasteiger partial charge on any atom is -0.308 e. The van der Waals surface area contributed by atoms with Crippen LogP contribution in [0.4, 0.5) is 0 Å². The molecule has 0 aliphatic rings. The second-order valence-corrected chi connectivity index (χ2v) is 27.7. The molecule has 0 atom stereocenters. The second kappa shape index (κ2) is 22.4. The summed E-state index contributed by atoms with van der Waals surface area (Å²) in [6.07, 6.45) is 3.64. The first kappa shape index (κ1) is 56.3. The molecule has 464 valence electrons. The van der Waals surface area contributed by atoms with Gasteiger partial charge in [-0.05, 0) is 122 Å². The summed E-state index contributed by atoms with van der Waals surface area (Å²) in [5, 5.41) is 20.1. The van der Waals surface area contributed by atoms with Crippen LogP contribution in [-0.2, 0) is 0 Å². The van der Waals surface area contributed by atoms with Gasteiger partial charge in [-0.3, -0.25) is 9.97 Å². The molecule has 0 amide bonds. The summed E-state index contributed by atoms with van der Waals surface area (Å²) >= 11 is 3.76. The highest BCUT2D eigenvalue weighted by atomic mass is 32.1. The summed E-state index contributed by atoms with van der Waals surface area (Å²) in [5.74, 6) is 1.35. The summed E-state index contributed by atoms with van der Waals surface area (Å²) in [7, 11) is 0. The van der Waals surface area contributed by atoms with E-state index in [2.05, 4.69) is 288 Å². The largest absolute Gasteiger partial charge is 0.308 e. The van der Waals surface area contributed by atoms with Crippen molar-refractivity contribution in [2.24, 2.45) is 0 Å². The van der Waals surface area contributed by atoms with E-state index in [1.54, 1.807) is 0 Å². The van der Waals surface area contributed by atoms with Crippen molar-refractivity contribution in [3.05, 3.63) is 316 Å². The fourth-order valence-corrected chi connectivity index (χ4v) is 18.2. The van der Waals surface area contributed by atoms with Gasteiger partial charge in [0.25, 0.3) is 0 Å². The number of nitrogens with zero attached hydrogens (tertiary/aromatic N) is 8. The first-order valence-electron chi connectivity index (χ1n) is 33.6. The van der Waals surface area contributed by atoms with Crippen molar-refractivity contribution >= 4 is 172 Å². The molecule has 0 spiro atoms. The maximum atomic E-state index is 5.28. The zero-order chi connectivity index (χ0) is 65.5. The highest BCUT2D eigenvalue weighted by Crippen LogP contribution is 2.50. The Kier molecular flexibility index (Phi) is 12.6. The Hall–Kier alpha value is -12.9. The Morgan fingerprint density at radius 1 is 0.270 bits per heavy atom. The van der Waals surface area contributed by atoms with Crippen LogP contribution in [0, 0.1) is 0 Å². The van der Waals surface area contributed by atoms with Gasteiger partial charge in [-0.2, -0.15) is 0 Å². The Morgan fingerprint density at radius 3 is 1.26 bits per heavy atom.